The van der Waals surface area contributed by atoms with Gasteiger partial charge in [-0.2, -0.15) is 0 Å². The van der Waals surface area contributed by atoms with Gasteiger partial charge in [0.1, 0.15) is 5.82 Å². The first kappa shape index (κ1) is 12.8. The number of benzene rings is 1. The molecular weight excluding hydrogens is 231 g/mol. The molecule has 1 N–H and O–H groups in total. The lowest BCUT2D eigenvalue weighted by Gasteiger charge is -2.34. The van der Waals surface area contributed by atoms with Gasteiger partial charge >= 0.3 is 0 Å². The van der Waals surface area contributed by atoms with E-state index >= 15 is 0 Å². The number of rotatable bonds is 3. The van der Waals surface area contributed by atoms with Crippen LogP contribution in [0.4, 0.5) is 10.1 Å². The lowest BCUT2D eigenvalue weighted by molar-refractivity contribution is -0.114. The number of nitrogens with zero attached hydrogens (tertiary/aromatic N) is 1. The number of anilines is 1. The largest absolute Gasteiger partial charge is 0.317 e. The fraction of sp³-hybridized carbons (Fsp3) is 0.357. The van der Waals surface area contributed by atoms with Gasteiger partial charge in [-0.05, 0) is 50.2 Å². The monoisotopic (exact) mass is 248 g/mol. The number of halogens is 1. The van der Waals surface area contributed by atoms with Crippen LogP contribution in [0, 0.1) is 5.82 Å². The molecule has 1 fully saturated rings. The van der Waals surface area contributed by atoms with Crippen LogP contribution in [0.15, 0.2) is 36.9 Å². The van der Waals surface area contributed by atoms with Crippen LogP contribution in [0.3, 0.4) is 0 Å². The van der Waals surface area contributed by atoms with Crippen molar-refractivity contribution in [3.63, 3.8) is 0 Å². The quantitative estimate of drug-likeness (QED) is 0.831. The van der Waals surface area contributed by atoms with Gasteiger partial charge in [0.25, 0.3) is 5.91 Å². The number of amides is 1. The zero-order valence-corrected chi connectivity index (χ0v) is 10.2. The molecule has 0 atom stereocenters. The second-order valence-electron chi connectivity index (χ2n) is 4.37. The summed E-state index contributed by atoms with van der Waals surface area (Å²) in [5.41, 5.74) is 0.604. The van der Waals surface area contributed by atoms with Crippen LogP contribution in [-0.2, 0) is 4.79 Å². The van der Waals surface area contributed by atoms with Gasteiger partial charge in [0.2, 0.25) is 0 Å². The minimum absolute atomic E-state index is 0.110. The van der Waals surface area contributed by atoms with Crippen molar-refractivity contribution in [2.45, 2.75) is 18.9 Å². The zero-order chi connectivity index (χ0) is 13.0. The highest BCUT2D eigenvalue weighted by molar-refractivity contribution is 6.01. The van der Waals surface area contributed by atoms with Gasteiger partial charge in [-0.15, -0.1) is 0 Å². The van der Waals surface area contributed by atoms with E-state index in [0.717, 1.165) is 25.9 Å². The van der Waals surface area contributed by atoms with E-state index in [1.165, 1.54) is 18.2 Å². The Balaban J connectivity index is 2.29. The third kappa shape index (κ3) is 2.76. The summed E-state index contributed by atoms with van der Waals surface area (Å²) in [5, 5.41) is 3.25. The van der Waals surface area contributed by atoms with Crippen molar-refractivity contribution < 1.29 is 9.18 Å². The molecular formula is C14H17FN2O. The molecule has 0 aromatic heterocycles. The van der Waals surface area contributed by atoms with E-state index in [-0.39, 0.29) is 17.8 Å². The average Bonchev–Trinajstić information content (AvgIpc) is 2.40. The van der Waals surface area contributed by atoms with Crippen molar-refractivity contribution in [3.8, 4) is 0 Å². The van der Waals surface area contributed by atoms with Crippen LogP contribution >= 0.6 is 0 Å². The van der Waals surface area contributed by atoms with Crippen molar-refractivity contribution >= 4 is 11.6 Å². The Labute approximate surface area is 106 Å². The number of hydrogen-bond donors (Lipinski definition) is 1. The topological polar surface area (TPSA) is 32.3 Å². The lowest BCUT2D eigenvalue weighted by Crippen LogP contribution is -2.45. The minimum atomic E-state index is -0.330. The molecule has 0 aliphatic carbocycles. The summed E-state index contributed by atoms with van der Waals surface area (Å²) in [6.45, 7) is 5.28. The van der Waals surface area contributed by atoms with Crippen LogP contribution in [-0.4, -0.2) is 25.0 Å². The standard InChI is InChI=1S/C14H17FN2O/c1-2-14(18)17(12-6-8-16-9-7-12)13-5-3-4-11(15)10-13/h2-5,10,12,16H,1,6-9H2. The summed E-state index contributed by atoms with van der Waals surface area (Å²) in [7, 11) is 0. The molecule has 4 heteroatoms. The Morgan fingerprint density at radius 2 is 2.17 bits per heavy atom. The second-order valence-corrected chi connectivity index (χ2v) is 4.37. The van der Waals surface area contributed by atoms with Gasteiger partial charge in [0.15, 0.2) is 0 Å². The zero-order valence-electron chi connectivity index (χ0n) is 10.2. The summed E-state index contributed by atoms with van der Waals surface area (Å²) < 4.78 is 13.3. The predicted octanol–water partition coefficient (Wildman–Crippen LogP) is 2.10. The molecule has 0 unspecified atom stereocenters. The fourth-order valence-electron chi connectivity index (χ4n) is 2.31. The van der Waals surface area contributed by atoms with E-state index in [0.29, 0.717) is 5.69 Å². The van der Waals surface area contributed by atoms with Gasteiger partial charge in [-0.25, -0.2) is 4.39 Å². The maximum atomic E-state index is 13.3. The average molecular weight is 248 g/mol. The van der Waals surface area contributed by atoms with Crippen LogP contribution in [0.1, 0.15) is 12.8 Å². The Kier molecular flexibility index (Phi) is 4.10. The van der Waals surface area contributed by atoms with E-state index in [4.69, 9.17) is 0 Å². The summed E-state index contributed by atoms with van der Waals surface area (Å²) in [5.74, 6) is -0.504. The number of nitrogens with one attached hydrogen (secondary N) is 1. The van der Waals surface area contributed by atoms with Crippen LogP contribution in [0.25, 0.3) is 0 Å². The molecule has 1 aromatic carbocycles. The van der Waals surface area contributed by atoms with Gasteiger partial charge in [-0.1, -0.05) is 12.6 Å². The maximum absolute atomic E-state index is 13.3. The molecule has 0 radical (unpaired) electrons. The highest BCUT2D eigenvalue weighted by atomic mass is 19.1. The Morgan fingerprint density at radius 1 is 1.44 bits per heavy atom. The minimum Gasteiger partial charge on any atom is -0.317 e. The van der Waals surface area contributed by atoms with E-state index in [2.05, 4.69) is 11.9 Å². The molecule has 1 amide bonds. The van der Waals surface area contributed by atoms with Crippen molar-refractivity contribution in [2.75, 3.05) is 18.0 Å². The summed E-state index contributed by atoms with van der Waals surface area (Å²) in [6.07, 6.45) is 3.03. The molecule has 18 heavy (non-hydrogen) atoms. The molecule has 0 spiro atoms. The van der Waals surface area contributed by atoms with Crippen molar-refractivity contribution in [1.82, 2.24) is 5.32 Å². The highest BCUT2D eigenvalue weighted by Gasteiger charge is 2.25. The van der Waals surface area contributed by atoms with Crippen molar-refractivity contribution in [1.29, 1.82) is 0 Å². The molecule has 1 saturated heterocycles. The first-order chi connectivity index (χ1) is 8.72. The smallest absolute Gasteiger partial charge is 0.250 e. The third-order valence-electron chi connectivity index (χ3n) is 3.17. The van der Waals surface area contributed by atoms with Crippen molar-refractivity contribution in [3.05, 3.63) is 42.7 Å². The Morgan fingerprint density at radius 3 is 2.78 bits per heavy atom. The number of hydrogen-bond acceptors (Lipinski definition) is 2. The highest BCUT2D eigenvalue weighted by Crippen LogP contribution is 2.23. The van der Waals surface area contributed by atoms with E-state index < -0.39 is 0 Å². The second kappa shape index (κ2) is 5.78. The molecule has 1 aromatic rings. The van der Waals surface area contributed by atoms with Gasteiger partial charge in [-0.3, -0.25) is 4.79 Å². The Hall–Kier alpha value is -1.68. The van der Waals surface area contributed by atoms with Gasteiger partial charge in [0, 0.05) is 11.7 Å². The molecule has 1 aliphatic rings. The molecule has 2 rings (SSSR count). The van der Waals surface area contributed by atoms with E-state index in [1.807, 2.05) is 0 Å². The summed E-state index contributed by atoms with van der Waals surface area (Å²) in [6, 6.07) is 6.26. The number of carbonyl (C=O) groups is 1. The first-order valence-electron chi connectivity index (χ1n) is 6.14. The van der Waals surface area contributed by atoms with Crippen LogP contribution in [0.5, 0.6) is 0 Å². The fourth-order valence-corrected chi connectivity index (χ4v) is 2.31. The predicted molar refractivity (Wildman–Crippen MR) is 70.0 cm³/mol. The van der Waals surface area contributed by atoms with E-state index in [1.54, 1.807) is 17.0 Å². The number of carbonyl (C=O) groups excluding carboxylic acids is 1. The molecule has 96 valence electrons. The number of piperidine rings is 1. The molecule has 3 nitrogen and oxygen atoms in total. The van der Waals surface area contributed by atoms with E-state index in [9.17, 15) is 9.18 Å². The molecule has 0 bridgehead atoms. The van der Waals surface area contributed by atoms with Gasteiger partial charge < -0.3 is 10.2 Å². The lowest BCUT2D eigenvalue weighted by atomic mass is 10.0. The normalized spacial score (nSPS) is 16.3. The molecule has 0 saturated carbocycles. The van der Waals surface area contributed by atoms with Crippen LogP contribution in [0.2, 0.25) is 0 Å². The van der Waals surface area contributed by atoms with Crippen molar-refractivity contribution in [2.24, 2.45) is 0 Å². The maximum Gasteiger partial charge on any atom is 0.250 e. The molecule has 1 heterocycles. The summed E-state index contributed by atoms with van der Waals surface area (Å²) in [4.78, 5) is 13.6. The SMILES string of the molecule is C=CC(=O)N(c1cccc(F)c1)C1CCNCC1. The molecule has 1 aliphatic heterocycles. The first-order valence-corrected chi connectivity index (χ1v) is 6.14. The Bertz CT molecular complexity index is 441. The summed E-state index contributed by atoms with van der Waals surface area (Å²) >= 11 is 0. The third-order valence-corrected chi connectivity index (χ3v) is 3.17. The van der Waals surface area contributed by atoms with Gasteiger partial charge in [0.05, 0.1) is 0 Å². The van der Waals surface area contributed by atoms with Crippen LogP contribution < -0.4 is 10.2 Å².